The molecule has 3 saturated heterocycles. The van der Waals surface area contributed by atoms with Gasteiger partial charge in [0.05, 0.1) is 6.67 Å². The number of hydrogen-bond acceptors (Lipinski definition) is 6. The van der Waals surface area contributed by atoms with Crippen molar-refractivity contribution in [1.82, 2.24) is 30.7 Å². The van der Waals surface area contributed by atoms with Gasteiger partial charge in [-0.15, -0.1) is 0 Å². The molecule has 6 heteroatoms. The molecule has 3 fully saturated rings. The van der Waals surface area contributed by atoms with Crippen molar-refractivity contribution < 1.29 is 0 Å². The van der Waals surface area contributed by atoms with Gasteiger partial charge in [-0.25, -0.2) is 20.0 Å². The molecule has 3 aliphatic rings. The molecule has 2 atom stereocenters. The Morgan fingerprint density at radius 2 is 1.63 bits per heavy atom. The maximum absolute atomic E-state index is 3.56. The van der Waals surface area contributed by atoms with Crippen LogP contribution in [0.5, 0.6) is 0 Å². The van der Waals surface area contributed by atoms with Gasteiger partial charge in [0.25, 0.3) is 0 Å². The van der Waals surface area contributed by atoms with Crippen molar-refractivity contribution in [2.45, 2.75) is 25.9 Å². The third kappa shape index (κ3) is 3.09. The van der Waals surface area contributed by atoms with E-state index in [4.69, 9.17) is 0 Å². The highest BCUT2D eigenvalue weighted by Gasteiger charge is 2.33. The SMILES string of the molecule is CC1CN(N2CCN(N3CCNCC3)C2)C(C)CN1. The normalized spacial score (nSPS) is 36.9. The fraction of sp³-hybridized carbons (Fsp3) is 1.00. The van der Waals surface area contributed by atoms with Crippen LogP contribution in [0.3, 0.4) is 0 Å². The van der Waals surface area contributed by atoms with Gasteiger partial charge in [0, 0.05) is 64.4 Å². The van der Waals surface area contributed by atoms with E-state index in [1.54, 1.807) is 0 Å². The number of nitrogens with one attached hydrogen (secondary N) is 2. The fourth-order valence-corrected chi connectivity index (χ4v) is 3.33. The van der Waals surface area contributed by atoms with Crippen LogP contribution in [-0.2, 0) is 0 Å². The van der Waals surface area contributed by atoms with E-state index in [2.05, 4.69) is 44.5 Å². The molecular weight excluding hydrogens is 240 g/mol. The highest BCUT2D eigenvalue weighted by Crippen LogP contribution is 2.16. The maximum atomic E-state index is 3.56. The van der Waals surface area contributed by atoms with Crippen molar-refractivity contribution in [2.24, 2.45) is 0 Å². The summed E-state index contributed by atoms with van der Waals surface area (Å²) in [5.41, 5.74) is 0. The first-order chi connectivity index (χ1) is 9.24. The van der Waals surface area contributed by atoms with Gasteiger partial charge < -0.3 is 10.6 Å². The summed E-state index contributed by atoms with van der Waals surface area (Å²) < 4.78 is 0. The van der Waals surface area contributed by atoms with Gasteiger partial charge in [0.1, 0.15) is 0 Å². The molecule has 0 aromatic rings. The van der Waals surface area contributed by atoms with Gasteiger partial charge in [0.2, 0.25) is 0 Å². The summed E-state index contributed by atoms with van der Waals surface area (Å²) in [7, 11) is 0. The molecule has 110 valence electrons. The van der Waals surface area contributed by atoms with Crippen LogP contribution in [0, 0.1) is 0 Å². The molecule has 3 aliphatic heterocycles. The molecule has 0 spiro atoms. The Hall–Kier alpha value is -0.240. The molecule has 0 amide bonds. The second-order valence-corrected chi connectivity index (χ2v) is 6.09. The summed E-state index contributed by atoms with van der Waals surface area (Å²) in [6.07, 6.45) is 0. The lowest BCUT2D eigenvalue weighted by Crippen LogP contribution is -2.60. The van der Waals surface area contributed by atoms with E-state index in [-0.39, 0.29) is 0 Å². The van der Waals surface area contributed by atoms with Gasteiger partial charge in [-0.05, 0) is 13.8 Å². The second-order valence-electron chi connectivity index (χ2n) is 6.09. The van der Waals surface area contributed by atoms with Gasteiger partial charge in [-0.2, -0.15) is 0 Å². The highest BCUT2D eigenvalue weighted by atomic mass is 15.8. The zero-order valence-corrected chi connectivity index (χ0v) is 12.3. The zero-order chi connectivity index (χ0) is 13.2. The molecule has 19 heavy (non-hydrogen) atoms. The van der Waals surface area contributed by atoms with E-state index in [9.17, 15) is 0 Å². The summed E-state index contributed by atoms with van der Waals surface area (Å²) in [5, 5.41) is 17.2. The Kier molecular flexibility index (Phi) is 4.36. The van der Waals surface area contributed by atoms with E-state index >= 15 is 0 Å². The Morgan fingerprint density at radius 1 is 0.895 bits per heavy atom. The Balaban J connectivity index is 1.55. The van der Waals surface area contributed by atoms with Crippen molar-refractivity contribution in [2.75, 3.05) is 59.0 Å². The van der Waals surface area contributed by atoms with Gasteiger partial charge in [-0.3, -0.25) is 0 Å². The third-order valence-electron chi connectivity index (χ3n) is 4.53. The van der Waals surface area contributed by atoms with Crippen LogP contribution in [0.25, 0.3) is 0 Å². The highest BCUT2D eigenvalue weighted by molar-refractivity contribution is 4.82. The van der Waals surface area contributed by atoms with Crippen molar-refractivity contribution >= 4 is 0 Å². The Labute approximate surface area is 116 Å². The van der Waals surface area contributed by atoms with Crippen LogP contribution in [-0.4, -0.2) is 91.1 Å². The molecule has 0 aliphatic carbocycles. The zero-order valence-electron chi connectivity index (χ0n) is 12.3. The predicted octanol–water partition coefficient (Wildman–Crippen LogP) is -1.02. The average molecular weight is 268 g/mol. The van der Waals surface area contributed by atoms with Crippen LogP contribution < -0.4 is 10.6 Å². The molecule has 0 aromatic heterocycles. The molecule has 3 heterocycles. The van der Waals surface area contributed by atoms with E-state index in [0.717, 1.165) is 45.9 Å². The average Bonchev–Trinajstić information content (AvgIpc) is 2.92. The lowest BCUT2D eigenvalue weighted by atomic mass is 10.2. The van der Waals surface area contributed by atoms with E-state index in [1.807, 2.05) is 0 Å². The second kappa shape index (κ2) is 6.03. The molecule has 2 N–H and O–H groups in total. The summed E-state index contributed by atoms with van der Waals surface area (Å²) in [5.74, 6) is 0. The molecular formula is C13H28N6. The van der Waals surface area contributed by atoms with Crippen LogP contribution in [0.2, 0.25) is 0 Å². The van der Waals surface area contributed by atoms with E-state index < -0.39 is 0 Å². The van der Waals surface area contributed by atoms with Crippen molar-refractivity contribution in [1.29, 1.82) is 0 Å². The number of hydrazine groups is 2. The number of rotatable bonds is 2. The summed E-state index contributed by atoms with van der Waals surface area (Å²) in [6.45, 7) is 14.8. The van der Waals surface area contributed by atoms with Crippen LogP contribution in [0.1, 0.15) is 13.8 Å². The van der Waals surface area contributed by atoms with E-state index in [1.165, 1.54) is 13.1 Å². The Morgan fingerprint density at radius 3 is 2.42 bits per heavy atom. The monoisotopic (exact) mass is 268 g/mol. The molecule has 0 aromatic carbocycles. The Bertz CT molecular complexity index is 293. The minimum atomic E-state index is 0.601. The number of piperazine rings is 2. The van der Waals surface area contributed by atoms with Crippen molar-refractivity contribution in [3.8, 4) is 0 Å². The first-order valence-electron chi connectivity index (χ1n) is 7.69. The van der Waals surface area contributed by atoms with Crippen molar-refractivity contribution in [3.05, 3.63) is 0 Å². The van der Waals surface area contributed by atoms with Crippen LogP contribution in [0.4, 0.5) is 0 Å². The molecule has 2 unspecified atom stereocenters. The first-order valence-corrected chi connectivity index (χ1v) is 7.69. The largest absolute Gasteiger partial charge is 0.314 e. The third-order valence-corrected chi connectivity index (χ3v) is 4.53. The number of hydrogen-bond donors (Lipinski definition) is 2. The molecule has 6 nitrogen and oxygen atoms in total. The van der Waals surface area contributed by atoms with Gasteiger partial charge >= 0.3 is 0 Å². The summed E-state index contributed by atoms with van der Waals surface area (Å²) >= 11 is 0. The van der Waals surface area contributed by atoms with Crippen LogP contribution >= 0.6 is 0 Å². The standard InChI is InChI=1S/C13H28N6/c1-12-10-19(13(2)9-15-12)18-8-7-17(11-18)16-5-3-14-4-6-16/h12-15H,3-11H2,1-2H3. The first kappa shape index (κ1) is 13.7. The smallest absolute Gasteiger partial charge is 0.0787 e. The lowest BCUT2D eigenvalue weighted by molar-refractivity contribution is -0.0998. The fourth-order valence-electron chi connectivity index (χ4n) is 3.33. The van der Waals surface area contributed by atoms with Gasteiger partial charge in [0.15, 0.2) is 0 Å². The van der Waals surface area contributed by atoms with Crippen LogP contribution in [0.15, 0.2) is 0 Å². The molecule has 0 saturated carbocycles. The van der Waals surface area contributed by atoms with Crippen molar-refractivity contribution in [3.63, 3.8) is 0 Å². The molecule has 0 radical (unpaired) electrons. The van der Waals surface area contributed by atoms with E-state index in [0.29, 0.717) is 12.1 Å². The van der Waals surface area contributed by atoms with Gasteiger partial charge in [-0.1, -0.05) is 0 Å². The quantitative estimate of drug-likeness (QED) is 0.668. The topological polar surface area (TPSA) is 37.0 Å². The maximum Gasteiger partial charge on any atom is 0.0787 e. The number of nitrogens with zero attached hydrogens (tertiary/aromatic N) is 4. The summed E-state index contributed by atoms with van der Waals surface area (Å²) in [6, 6.07) is 1.21. The molecule has 3 rings (SSSR count). The lowest BCUT2D eigenvalue weighted by Gasteiger charge is -2.43. The summed E-state index contributed by atoms with van der Waals surface area (Å²) in [4.78, 5) is 0. The minimum absolute atomic E-state index is 0.601. The molecule has 0 bridgehead atoms. The minimum Gasteiger partial charge on any atom is -0.314 e. The predicted molar refractivity (Wildman–Crippen MR) is 76.4 cm³/mol.